The lowest BCUT2D eigenvalue weighted by Gasteiger charge is -2.22. The number of carbonyl (C=O) groups is 1. The molecule has 3 N–H and O–H groups in total. The van der Waals surface area contributed by atoms with Gasteiger partial charge in [0.05, 0.1) is 24.8 Å². The third-order valence-electron chi connectivity index (χ3n) is 3.53. The van der Waals surface area contributed by atoms with Gasteiger partial charge in [0, 0.05) is 20.0 Å². The number of aliphatic imine (C=N–C) groups is 1. The van der Waals surface area contributed by atoms with Crippen molar-refractivity contribution in [1.82, 2.24) is 16.0 Å². The number of amides is 1. The maximum absolute atomic E-state index is 10.8. The first-order valence-corrected chi connectivity index (χ1v) is 7.13. The van der Waals surface area contributed by atoms with Crippen LogP contribution in [0.25, 0.3) is 0 Å². The lowest BCUT2D eigenvalue weighted by Crippen LogP contribution is -2.47. The number of guanidine groups is 1. The lowest BCUT2D eigenvalue weighted by atomic mass is 9.96. The molecule has 0 radical (unpaired) electrons. The SMILES string of the molecule is CCNC(=NCCNC(C)=O)NC1CC2CCC1O2.I. The molecule has 0 aromatic rings. The maximum atomic E-state index is 10.8. The molecule has 0 spiro atoms. The Morgan fingerprint density at radius 2 is 2.15 bits per heavy atom. The summed E-state index contributed by atoms with van der Waals surface area (Å²) in [5.41, 5.74) is 0. The van der Waals surface area contributed by atoms with Crippen LogP contribution in [0.2, 0.25) is 0 Å². The van der Waals surface area contributed by atoms with E-state index in [-0.39, 0.29) is 29.9 Å². The number of fused-ring (bicyclic) bond motifs is 2. The first-order chi connectivity index (χ1) is 9.19. The second-order valence-electron chi connectivity index (χ2n) is 5.10. The van der Waals surface area contributed by atoms with Crippen molar-refractivity contribution in [1.29, 1.82) is 0 Å². The summed E-state index contributed by atoms with van der Waals surface area (Å²) < 4.78 is 5.82. The topological polar surface area (TPSA) is 74.8 Å². The Morgan fingerprint density at radius 3 is 2.70 bits per heavy atom. The van der Waals surface area contributed by atoms with E-state index in [1.807, 2.05) is 6.92 Å². The minimum absolute atomic E-state index is 0. The van der Waals surface area contributed by atoms with Gasteiger partial charge in [-0.3, -0.25) is 9.79 Å². The van der Waals surface area contributed by atoms with Gasteiger partial charge in [0.1, 0.15) is 0 Å². The van der Waals surface area contributed by atoms with E-state index in [2.05, 4.69) is 20.9 Å². The number of hydrogen-bond acceptors (Lipinski definition) is 3. The Bertz CT molecular complexity index is 351. The molecular weight excluding hydrogens is 371 g/mol. The zero-order valence-corrected chi connectivity index (χ0v) is 14.5. The fourth-order valence-electron chi connectivity index (χ4n) is 2.69. The molecule has 2 bridgehead atoms. The van der Waals surface area contributed by atoms with Crippen LogP contribution >= 0.6 is 24.0 Å². The van der Waals surface area contributed by atoms with Gasteiger partial charge in [0.25, 0.3) is 0 Å². The minimum Gasteiger partial charge on any atom is -0.373 e. The van der Waals surface area contributed by atoms with Gasteiger partial charge < -0.3 is 20.7 Å². The van der Waals surface area contributed by atoms with Crippen LogP contribution in [0.5, 0.6) is 0 Å². The number of hydrogen-bond donors (Lipinski definition) is 3. The molecule has 3 unspecified atom stereocenters. The van der Waals surface area contributed by atoms with Crippen LogP contribution in [-0.4, -0.2) is 49.8 Å². The van der Waals surface area contributed by atoms with Gasteiger partial charge in [-0.1, -0.05) is 0 Å². The van der Waals surface area contributed by atoms with E-state index in [1.165, 1.54) is 13.3 Å². The Morgan fingerprint density at radius 1 is 1.35 bits per heavy atom. The van der Waals surface area contributed by atoms with Crippen molar-refractivity contribution >= 4 is 35.8 Å². The van der Waals surface area contributed by atoms with Gasteiger partial charge in [-0.15, -0.1) is 24.0 Å². The van der Waals surface area contributed by atoms with Gasteiger partial charge >= 0.3 is 0 Å². The van der Waals surface area contributed by atoms with E-state index in [0.717, 1.165) is 25.3 Å². The Labute approximate surface area is 137 Å². The maximum Gasteiger partial charge on any atom is 0.216 e. The fraction of sp³-hybridized carbons (Fsp3) is 0.846. The molecule has 0 aromatic heterocycles. The molecule has 0 saturated carbocycles. The number of nitrogens with one attached hydrogen (secondary N) is 3. The standard InChI is InChI=1S/C13H24N4O2.HI/c1-3-14-13(16-7-6-15-9(2)18)17-11-8-10-4-5-12(11)19-10;/h10-12H,3-8H2,1-2H3,(H,15,18)(H2,14,16,17);1H. The molecule has 2 aliphatic rings. The summed E-state index contributed by atoms with van der Waals surface area (Å²) in [6.07, 6.45) is 4.18. The van der Waals surface area contributed by atoms with Crippen LogP contribution in [0.1, 0.15) is 33.1 Å². The Hall–Kier alpha value is -0.570. The molecule has 2 saturated heterocycles. The second kappa shape index (κ2) is 8.66. The highest BCUT2D eigenvalue weighted by molar-refractivity contribution is 14.0. The van der Waals surface area contributed by atoms with Crippen molar-refractivity contribution in [2.75, 3.05) is 19.6 Å². The summed E-state index contributed by atoms with van der Waals surface area (Å²) in [4.78, 5) is 15.2. The molecule has 0 aliphatic carbocycles. The van der Waals surface area contributed by atoms with E-state index >= 15 is 0 Å². The van der Waals surface area contributed by atoms with E-state index in [9.17, 15) is 4.79 Å². The minimum atomic E-state index is -0.0188. The molecule has 2 fully saturated rings. The summed E-state index contributed by atoms with van der Waals surface area (Å²) in [7, 11) is 0. The lowest BCUT2D eigenvalue weighted by molar-refractivity contribution is -0.118. The summed E-state index contributed by atoms with van der Waals surface area (Å²) in [5.74, 6) is 0.795. The molecule has 20 heavy (non-hydrogen) atoms. The molecule has 1 amide bonds. The van der Waals surface area contributed by atoms with Crippen molar-refractivity contribution in [3.63, 3.8) is 0 Å². The van der Waals surface area contributed by atoms with Gasteiger partial charge in [-0.05, 0) is 26.2 Å². The van der Waals surface area contributed by atoms with Crippen LogP contribution in [0.4, 0.5) is 0 Å². The number of rotatable bonds is 5. The number of ether oxygens (including phenoxy) is 1. The Kier molecular flexibility index (Phi) is 7.57. The smallest absolute Gasteiger partial charge is 0.216 e. The second-order valence-corrected chi connectivity index (χ2v) is 5.10. The van der Waals surface area contributed by atoms with E-state index in [0.29, 0.717) is 31.3 Å². The van der Waals surface area contributed by atoms with Crippen LogP contribution in [-0.2, 0) is 9.53 Å². The largest absolute Gasteiger partial charge is 0.373 e. The molecule has 2 aliphatic heterocycles. The molecular formula is C13H25IN4O2. The summed E-state index contributed by atoms with van der Waals surface area (Å²) in [6, 6.07) is 0.373. The average Bonchev–Trinajstić information content (AvgIpc) is 2.96. The van der Waals surface area contributed by atoms with Gasteiger partial charge in [0.15, 0.2) is 5.96 Å². The quantitative estimate of drug-likeness (QED) is 0.276. The zero-order valence-electron chi connectivity index (χ0n) is 12.1. The predicted octanol–water partition coefficient (Wildman–Crippen LogP) is 0.615. The van der Waals surface area contributed by atoms with E-state index < -0.39 is 0 Å². The van der Waals surface area contributed by atoms with Crippen LogP contribution in [0, 0.1) is 0 Å². The van der Waals surface area contributed by atoms with Crippen LogP contribution < -0.4 is 16.0 Å². The van der Waals surface area contributed by atoms with Crippen LogP contribution in [0.3, 0.4) is 0 Å². The van der Waals surface area contributed by atoms with E-state index in [1.54, 1.807) is 0 Å². The molecule has 7 heteroatoms. The van der Waals surface area contributed by atoms with Gasteiger partial charge in [-0.25, -0.2) is 0 Å². The third-order valence-corrected chi connectivity index (χ3v) is 3.53. The molecule has 0 aromatic carbocycles. The van der Waals surface area contributed by atoms with Crippen molar-refractivity contribution in [2.45, 2.75) is 51.4 Å². The zero-order chi connectivity index (χ0) is 13.7. The average molecular weight is 396 g/mol. The summed E-state index contributed by atoms with van der Waals surface area (Å²) >= 11 is 0. The first kappa shape index (κ1) is 17.5. The van der Waals surface area contributed by atoms with E-state index in [4.69, 9.17) is 4.74 Å². The van der Waals surface area contributed by atoms with Crippen molar-refractivity contribution in [2.24, 2.45) is 4.99 Å². The number of nitrogens with zero attached hydrogens (tertiary/aromatic N) is 1. The number of carbonyl (C=O) groups excluding carboxylic acids is 1. The Balaban J connectivity index is 0.00000200. The molecule has 2 heterocycles. The van der Waals surface area contributed by atoms with Gasteiger partial charge in [0.2, 0.25) is 5.91 Å². The van der Waals surface area contributed by atoms with Crippen LogP contribution in [0.15, 0.2) is 4.99 Å². The highest BCUT2D eigenvalue weighted by Gasteiger charge is 2.41. The summed E-state index contributed by atoms with van der Waals surface area (Å²) in [5, 5.41) is 9.40. The fourth-order valence-corrected chi connectivity index (χ4v) is 2.69. The van der Waals surface area contributed by atoms with Crippen molar-refractivity contribution in [3.8, 4) is 0 Å². The van der Waals surface area contributed by atoms with Gasteiger partial charge in [-0.2, -0.15) is 0 Å². The first-order valence-electron chi connectivity index (χ1n) is 7.13. The normalized spacial score (nSPS) is 27.9. The number of halogens is 1. The molecule has 116 valence electrons. The molecule has 2 rings (SSSR count). The summed E-state index contributed by atoms with van der Waals surface area (Å²) in [6.45, 7) is 5.53. The van der Waals surface area contributed by atoms with Crippen molar-refractivity contribution in [3.05, 3.63) is 0 Å². The highest BCUT2D eigenvalue weighted by atomic mass is 127. The third kappa shape index (κ3) is 5.08. The molecule has 6 nitrogen and oxygen atoms in total. The monoisotopic (exact) mass is 396 g/mol. The molecule has 3 atom stereocenters. The highest BCUT2D eigenvalue weighted by Crippen LogP contribution is 2.34. The van der Waals surface area contributed by atoms with Crippen molar-refractivity contribution < 1.29 is 9.53 Å². The predicted molar refractivity (Wildman–Crippen MR) is 89.5 cm³/mol.